The Morgan fingerprint density at radius 1 is 1.00 bits per heavy atom. The van der Waals surface area contributed by atoms with Crippen LogP contribution in [-0.2, 0) is 0 Å². The highest BCUT2D eigenvalue weighted by Crippen LogP contribution is 2.31. The first-order chi connectivity index (χ1) is 7.18. The molecule has 2 aromatic carbocycles. The van der Waals surface area contributed by atoms with Crippen molar-refractivity contribution in [2.45, 2.75) is 4.90 Å². The molecule has 3 heteroatoms. The SMILES string of the molecule is Sc1ccccc1-c1ccc(Br)cc1I. The molecule has 0 aliphatic carbocycles. The van der Waals surface area contributed by atoms with E-state index < -0.39 is 0 Å². The number of hydrogen-bond donors (Lipinski definition) is 1. The van der Waals surface area contributed by atoms with Crippen LogP contribution in [0.1, 0.15) is 0 Å². The van der Waals surface area contributed by atoms with Crippen LogP contribution in [-0.4, -0.2) is 0 Å². The van der Waals surface area contributed by atoms with Gasteiger partial charge in [-0.05, 0) is 51.9 Å². The number of halogens is 2. The Morgan fingerprint density at radius 2 is 1.73 bits per heavy atom. The van der Waals surface area contributed by atoms with Gasteiger partial charge < -0.3 is 0 Å². The van der Waals surface area contributed by atoms with Crippen LogP contribution in [0.5, 0.6) is 0 Å². The molecule has 0 fully saturated rings. The maximum absolute atomic E-state index is 4.47. The minimum Gasteiger partial charge on any atom is -0.143 e. The summed E-state index contributed by atoms with van der Waals surface area (Å²) in [6, 6.07) is 14.4. The van der Waals surface area contributed by atoms with E-state index in [9.17, 15) is 0 Å². The summed E-state index contributed by atoms with van der Waals surface area (Å²) in [6.45, 7) is 0. The van der Waals surface area contributed by atoms with E-state index in [1.54, 1.807) is 0 Å². The molecule has 2 rings (SSSR count). The molecule has 0 heterocycles. The van der Waals surface area contributed by atoms with E-state index in [2.05, 4.69) is 75.4 Å². The molecular weight excluding hydrogens is 383 g/mol. The van der Waals surface area contributed by atoms with Crippen LogP contribution in [0, 0.1) is 3.57 Å². The molecule has 76 valence electrons. The number of hydrogen-bond acceptors (Lipinski definition) is 1. The molecular formula is C12H8BrIS. The molecule has 0 spiro atoms. The third-order valence-corrected chi connectivity index (χ3v) is 3.90. The van der Waals surface area contributed by atoms with Gasteiger partial charge in [0.25, 0.3) is 0 Å². The lowest BCUT2D eigenvalue weighted by Crippen LogP contribution is -1.84. The van der Waals surface area contributed by atoms with E-state index >= 15 is 0 Å². The molecule has 0 aromatic heterocycles. The van der Waals surface area contributed by atoms with Crippen molar-refractivity contribution in [3.8, 4) is 11.1 Å². The Balaban J connectivity index is 2.60. The smallest absolute Gasteiger partial charge is 0.0220 e. The molecule has 15 heavy (non-hydrogen) atoms. The molecule has 0 amide bonds. The van der Waals surface area contributed by atoms with Gasteiger partial charge in [0.15, 0.2) is 0 Å². The molecule has 0 atom stereocenters. The molecule has 0 saturated heterocycles. The van der Waals surface area contributed by atoms with Crippen LogP contribution in [0.3, 0.4) is 0 Å². The van der Waals surface area contributed by atoms with Crippen molar-refractivity contribution in [2.75, 3.05) is 0 Å². The molecule has 2 aromatic rings. The third kappa shape index (κ3) is 2.57. The molecule has 0 radical (unpaired) electrons. The van der Waals surface area contributed by atoms with Crippen molar-refractivity contribution < 1.29 is 0 Å². The molecule has 0 unspecified atom stereocenters. The number of thiol groups is 1. The fraction of sp³-hybridized carbons (Fsp3) is 0. The van der Waals surface area contributed by atoms with Gasteiger partial charge in [-0.3, -0.25) is 0 Å². The quantitative estimate of drug-likeness (QED) is 0.513. The van der Waals surface area contributed by atoms with Gasteiger partial charge in [0.1, 0.15) is 0 Å². The van der Waals surface area contributed by atoms with E-state index in [1.165, 1.54) is 14.7 Å². The third-order valence-electron chi connectivity index (χ3n) is 2.13. The zero-order valence-corrected chi connectivity index (χ0v) is 12.4. The van der Waals surface area contributed by atoms with Crippen molar-refractivity contribution in [2.24, 2.45) is 0 Å². The molecule has 0 N–H and O–H groups in total. The highest BCUT2D eigenvalue weighted by atomic mass is 127. The fourth-order valence-electron chi connectivity index (χ4n) is 1.41. The first kappa shape index (κ1) is 11.5. The van der Waals surface area contributed by atoms with Gasteiger partial charge in [-0.2, -0.15) is 0 Å². The molecule has 0 bridgehead atoms. The second-order valence-corrected chi connectivity index (χ2v) is 5.70. The minimum atomic E-state index is 1.01. The summed E-state index contributed by atoms with van der Waals surface area (Å²) in [7, 11) is 0. The minimum absolute atomic E-state index is 1.01. The second-order valence-electron chi connectivity index (χ2n) is 3.14. The largest absolute Gasteiger partial charge is 0.143 e. The Bertz CT molecular complexity index is 497. The van der Waals surface area contributed by atoms with E-state index in [0.717, 1.165) is 9.37 Å². The lowest BCUT2D eigenvalue weighted by atomic mass is 10.1. The molecule has 0 aliphatic heterocycles. The normalized spacial score (nSPS) is 10.3. The van der Waals surface area contributed by atoms with Crippen LogP contribution >= 0.6 is 51.1 Å². The standard InChI is InChI=1S/C12H8BrIS/c13-8-5-6-9(11(14)7-8)10-3-1-2-4-12(10)15/h1-7,15H. The molecule has 0 nitrogen and oxygen atoms in total. The Kier molecular flexibility index (Phi) is 3.74. The van der Waals surface area contributed by atoms with E-state index in [4.69, 9.17) is 0 Å². The maximum atomic E-state index is 4.47. The fourth-order valence-corrected chi connectivity index (χ4v) is 3.29. The van der Waals surface area contributed by atoms with Crippen LogP contribution in [0.25, 0.3) is 11.1 Å². The summed E-state index contributed by atoms with van der Waals surface area (Å²) in [5.41, 5.74) is 2.40. The second kappa shape index (κ2) is 4.89. The zero-order valence-electron chi connectivity index (χ0n) is 7.74. The predicted octanol–water partition coefficient (Wildman–Crippen LogP) is 5.01. The van der Waals surface area contributed by atoms with Gasteiger partial charge in [-0.1, -0.05) is 40.2 Å². The lowest BCUT2D eigenvalue weighted by molar-refractivity contribution is 1.44. The van der Waals surface area contributed by atoms with E-state index in [-0.39, 0.29) is 0 Å². The maximum Gasteiger partial charge on any atom is 0.0220 e. The Labute approximate surface area is 117 Å². The van der Waals surface area contributed by atoms with Gasteiger partial charge in [-0.25, -0.2) is 0 Å². The van der Waals surface area contributed by atoms with Crippen LogP contribution < -0.4 is 0 Å². The summed E-state index contributed by atoms with van der Waals surface area (Å²) >= 11 is 10.3. The zero-order chi connectivity index (χ0) is 10.8. The van der Waals surface area contributed by atoms with Crippen molar-refractivity contribution in [3.05, 3.63) is 50.5 Å². The van der Waals surface area contributed by atoms with E-state index in [0.29, 0.717) is 0 Å². The van der Waals surface area contributed by atoms with Crippen LogP contribution in [0.4, 0.5) is 0 Å². The van der Waals surface area contributed by atoms with E-state index in [1.807, 2.05) is 18.2 Å². The lowest BCUT2D eigenvalue weighted by Gasteiger charge is -2.07. The Hall–Kier alpha value is -0.000000000000000111. The van der Waals surface area contributed by atoms with Crippen molar-refractivity contribution >= 4 is 51.1 Å². The molecule has 0 saturated carbocycles. The average Bonchev–Trinajstić information content (AvgIpc) is 2.20. The first-order valence-electron chi connectivity index (χ1n) is 4.42. The van der Waals surface area contributed by atoms with Gasteiger partial charge in [0.2, 0.25) is 0 Å². The highest BCUT2D eigenvalue weighted by molar-refractivity contribution is 14.1. The summed E-state index contributed by atoms with van der Waals surface area (Å²) in [4.78, 5) is 1.01. The number of rotatable bonds is 1. The van der Waals surface area contributed by atoms with Crippen molar-refractivity contribution in [1.29, 1.82) is 0 Å². The van der Waals surface area contributed by atoms with Gasteiger partial charge >= 0.3 is 0 Å². The van der Waals surface area contributed by atoms with Crippen molar-refractivity contribution in [3.63, 3.8) is 0 Å². The molecule has 0 aliphatic rings. The predicted molar refractivity (Wildman–Crippen MR) is 79.5 cm³/mol. The first-order valence-corrected chi connectivity index (χ1v) is 6.74. The van der Waals surface area contributed by atoms with Crippen molar-refractivity contribution in [1.82, 2.24) is 0 Å². The van der Waals surface area contributed by atoms with Gasteiger partial charge in [0.05, 0.1) is 0 Å². The highest BCUT2D eigenvalue weighted by Gasteiger charge is 2.05. The summed E-state index contributed by atoms with van der Waals surface area (Å²) in [6.07, 6.45) is 0. The summed E-state index contributed by atoms with van der Waals surface area (Å²) < 4.78 is 2.33. The summed E-state index contributed by atoms with van der Waals surface area (Å²) in [5, 5.41) is 0. The Morgan fingerprint density at radius 3 is 2.40 bits per heavy atom. The summed E-state index contributed by atoms with van der Waals surface area (Å²) in [5.74, 6) is 0. The van der Waals surface area contributed by atoms with Gasteiger partial charge in [0, 0.05) is 12.9 Å². The van der Waals surface area contributed by atoms with Crippen LogP contribution in [0.15, 0.2) is 51.8 Å². The average molecular weight is 391 g/mol. The monoisotopic (exact) mass is 390 g/mol. The topological polar surface area (TPSA) is 0 Å². The van der Waals surface area contributed by atoms with Crippen LogP contribution in [0.2, 0.25) is 0 Å². The van der Waals surface area contributed by atoms with Gasteiger partial charge in [-0.15, -0.1) is 12.6 Å². The number of benzene rings is 2.